The molecule has 0 spiro atoms. The van der Waals surface area contributed by atoms with E-state index in [1.807, 2.05) is 0 Å². The summed E-state index contributed by atoms with van der Waals surface area (Å²) >= 11 is 5.86. The van der Waals surface area contributed by atoms with Gasteiger partial charge in [-0.15, -0.1) is 12.4 Å². The van der Waals surface area contributed by atoms with E-state index < -0.39 is 17.8 Å². The van der Waals surface area contributed by atoms with Gasteiger partial charge < -0.3 is 16.0 Å². The topological polar surface area (TPSA) is 58.4 Å². The van der Waals surface area contributed by atoms with Crippen molar-refractivity contribution in [2.24, 2.45) is 11.7 Å². The van der Waals surface area contributed by atoms with Gasteiger partial charge in [0.2, 0.25) is 0 Å². The van der Waals surface area contributed by atoms with E-state index in [1.165, 1.54) is 0 Å². The predicted octanol–water partition coefficient (Wildman–Crippen LogP) is 3.98. The molecule has 23 heavy (non-hydrogen) atoms. The normalized spacial score (nSPS) is 16.0. The van der Waals surface area contributed by atoms with Crippen LogP contribution in [0.5, 0.6) is 0 Å². The smallest absolute Gasteiger partial charge is 0.330 e. The van der Waals surface area contributed by atoms with Crippen molar-refractivity contribution in [1.82, 2.24) is 4.90 Å². The van der Waals surface area contributed by atoms with Crippen molar-refractivity contribution in [2.75, 3.05) is 25.0 Å². The summed E-state index contributed by atoms with van der Waals surface area (Å²) in [5.41, 5.74) is 4.69. The summed E-state index contributed by atoms with van der Waals surface area (Å²) in [6.07, 6.45) is -2.90. The lowest BCUT2D eigenvalue weighted by Gasteiger charge is -2.31. The third-order valence-corrected chi connectivity index (χ3v) is 4.10. The number of halogens is 5. The molecule has 130 valence electrons. The molecule has 4 nitrogen and oxygen atoms in total. The average Bonchev–Trinajstić information content (AvgIpc) is 2.48. The minimum atomic E-state index is -4.48. The fourth-order valence-electron chi connectivity index (χ4n) is 2.36. The van der Waals surface area contributed by atoms with Gasteiger partial charge in [0.25, 0.3) is 0 Å². The molecule has 1 saturated heterocycles. The number of hydrogen-bond acceptors (Lipinski definition) is 2. The second kappa shape index (κ2) is 8.08. The van der Waals surface area contributed by atoms with Gasteiger partial charge in [0.15, 0.2) is 0 Å². The Morgan fingerprint density at radius 2 is 1.96 bits per heavy atom. The first-order chi connectivity index (χ1) is 10.3. The number of nitrogens with zero attached hydrogens (tertiary/aromatic N) is 1. The Labute approximate surface area is 143 Å². The predicted molar refractivity (Wildman–Crippen MR) is 86.1 cm³/mol. The Hall–Kier alpha value is -1.18. The van der Waals surface area contributed by atoms with Gasteiger partial charge in [-0.25, -0.2) is 4.79 Å². The monoisotopic (exact) mass is 371 g/mol. The quantitative estimate of drug-likeness (QED) is 0.825. The van der Waals surface area contributed by atoms with Crippen LogP contribution >= 0.6 is 24.0 Å². The Morgan fingerprint density at radius 1 is 1.35 bits per heavy atom. The lowest BCUT2D eigenvalue weighted by atomic mass is 9.97. The summed E-state index contributed by atoms with van der Waals surface area (Å²) in [4.78, 5) is 13.7. The summed E-state index contributed by atoms with van der Waals surface area (Å²) in [5.74, 6) is 0.390. The summed E-state index contributed by atoms with van der Waals surface area (Å²) in [6.45, 7) is 1.64. The van der Waals surface area contributed by atoms with Crippen LogP contribution in [0.2, 0.25) is 5.02 Å². The van der Waals surface area contributed by atoms with E-state index in [0.717, 1.165) is 31.0 Å². The molecule has 1 aliphatic heterocycles. The maximum absolute atomic E-state index is 12.7. The first kappa shape index (κ1) is 19.9. The zero-order valence-corrected chi connectivity index (χ0v) is 13.8. The van der Waals surface area contributed by atoms with Gasteiger partial charge in [0.05, 0.1) is 16.3 Å². The largest absolute Gasteiger partial charge is 0.416 e. The molecule has 0 unspecified atom stereocenters. The molecule has 1 heterocycles. The summed E-state index contributed by atoms with van der Waals surface area (Å²) in [5, 5.41) is 2.52. The number of rotatable bonds is 2. The Balaban J connectivity index is 0.00000264. The molecule has 0 aliphatic carbocycles. The number of piperidine rings is 1. The highest BCUT2D eigenvalue weighted by Gasteiger charge is 2.31. The first-order valence-electron chi connectivity index (χ1n) is 6.94. The zero-order valence-electron chi connectivity index (χ0n) is 12.2. The van der Waals surface area contributed by atoms with Crippen LogP contribution in [0.4, 0.5) is 23.7 Å². The van der Waals surface area contributed by atoms with Crippen molar-refractivity contribution >= 4 is 35.7 Å². The number of urea groups is 1. The van der Waals surface area contributed by atoms with Gasteiger partial charge in [-0.1, -0.05) is 11.6 Å². The third-order valence-electron chi connectivity index (χ3n) is 3.77. The van der Waals surface area contributed by atoms with E-state index in [1.54, 1.807) is 4.90 Å². The van der Waals surface area contributed by atoms with Crippen molar-refractivity contribution in [3.63, 3.8) is 0 Å². The van der Waals surface area contributed by atoms with Crippen molar-refractivity contribution in [3.05, 3.63) is 28.8 Å². The highest BCUT2D eigenvalue weighted by atomic mass is 35.5. The van der Waals surface area contributed by atoms with Crippen LogP contribution in [0.15, 0.2) is 18.2 Å². The molecule has 1 aromatic rings. The van der Waals surface area contributed by atoms with Crippen molar-refractivity contribution < 1.29 is 18.0 Å². The zero-order chi connectivity index (χ0) is 16.3. The number of carbonyl (C=O) groups excluding carboxylic acids is 1. The van der Waals surface area contributed by atoms with E-state index in [2.05, 4.69) is 5.32 Å². The number of amides is 2. The fraction of sp³-hybridized carbons (Fsp3) is 0.500. The molecule has 1 aliphatic rings. The van der Waals surface area contributed by atoms with Crippen LogP contribution in [0, 0.1) is 5.92 Å². The van der Waals surface area contributed by atoms with Gasteiger partial charge in [-0.2, -0.15) is 13.2 Å². The highest BCUT2D eigenvalue weighted by Crippen LogP contribution is 2.34. The van der Waals surface area contributed by atoms with Crippen LogP contribution in [0.25, 0.3) is 0 Å². The highest BCUT2D eigenvalue weighted by molar-refractivity contribution is 6.33. The summed E-state index contributed by atoms with van der Waals surface area (Å²) in [7, 11) is 0. The number of nitrogens with two attached hydrogens (primary N) is 1. The van der Waals surface area contributed by atoms with Crippen LogP contribution in [0.3, 0.4) is 0 Å². The molecule has 2 rings (SSSR count). The number of hydrogen-bond donors (Lipinski definition) is 2. The van der Waals surface area contributed by atoms with E-state index in [-0.39, 0.29) is 23.1 Å². The molecule has 1 fully saturated rings. The van der Waals surface area contributed by atoms with Gasteiger partial charge in [-0.3, -0.25) is 0 Å². The number of alkyl halides is 3. The molecule has 1 aromatic carbocycles. The van der Waals surface area contributed by atoms with Crippen LogP contribution in [0.1, 0.15) is 18.4 Å². The molecule has 3 N–H and O–H groups in total. The number of likely N-dealkylation sites (tertiary alicyclic amines) is 1. The fourth-order valence-corrected chi connectivity index (χ4v) is 2.53. The molecule has 2 amide bonds. The lowest BCUT2D eigenvalue weighted by molar-refractivity contribution is -0.137. The molecule has 0 bridgehead atoms. The van der Waals surface area contributed by atoms with E-state index in [0.29, 0.717) is 25.6 Å². The second-order valence-corrected chi connectivity index (χ2v) is 5.70. The Bertz CT molecular complexity index is 547. The lowest BCUT2D eigenvalue weighted by Crippen LogP contribution is -2.42. The second-order valence-electron chi connectivity index (χ2n) is 5.29. The molecule has 0 atom stereocenters. The van der Waals surface area contributed by atoms with Gasteiger partial charge in [-0.05, 0) is 43.5 Å². The standard InChI is InChI=1S/C14H17ClF3N3O.ClH/c15-11-2-1-10(14(16,17)18)7-12(11)20-13(22)21-5-3-9(8-19)4-6-21;/h1-2,7,9H,3-6,8,19H2,(H,20,22);1H. The van der Waals surface area contributed by atoms with Crippen LogP contribution < -0.4 is 11.1 Å². The maximum Gasteiger partial charge on any atom is 0.416 e. The summed E-state index contributed by atoms with van der Waals surface area (Å²) in [6, 6.07) is 2.40. The molecular formula is C14H18Cl2F3N3O. The van der Waals surface area contributed by atoms with Crippen LogP contribution in [-0.4, -0.2) is 30.6 Å². The van der Waals surface area contributed by atoms with Crippen LogP contribution in [-0.2, 0) is 6.18 Å². The van der Waals surface area contributed by atoms with E-state index in [9.17, 15) is 18.0 Å². The first-order valence-corrected chi connectivity index (χ1v) is 7.32. The average molecular weight is 372 g/mol. The SMILES string of the molecule is Cl.NCC1CCN(C(=O)Nc2cc(C(F)(F)F)ccc2Cl)CC1. The maximum atomic E-state index is 12.7. The number of nitrogens with one attached hydrogen (secondary N) is 1. The molecule has 9 heteroatoms. The summed E-state index contributed by atoms with van der Waals surface area (Å²) < 4.78 is 38.1. The Morgan fingerprint density at radius 3 is 2.48 bits per heavy atom. The number of benzene rings is 1. The van der Waals surface area contributed by atoms with Crippen molar-refractivity contribution in [2.45, 2.75) is 19.0 Å². The third kappa shape index (κ3) is 5.16. The van der Waals surface area contributed by atoms with Gasteiger partial charge in [0.1, 0.15) is 0 Å². The van der Waals surface area contributed by atoms with Crippen molar-refractivity contribution in [3.8, 4) is 0 Å². The number of carbonyl (C=O) groups is 1. The Kier molecular flexibility index (Phi) is 6.98. The van der Waals surface area contributed by atoms with Crippen molar-refractivity contribution in [1.29, 1.82) is 0 Å². The van der Waals surface area contributed by atoms with Gasteiger partial charge >= 0.3 is 12.2 Å². The molecule has 0 saturated carbocycles. The molecular weight excluding hydrogens is 354 g/mol. The van der Waals surface area contributed by atoms with E-state index in [4.69, 9.17) is 17.3 Å². The molecule has 0 aromatic heterocycles. The minimum absolute atomic E-state index is 0. The molecule has 0 radical (unpaired) electrons. The van der Waals surface area contributed by atoms with E-state index >= 15 is 0 Å². The van der Waals surface area contributed by atoms with Gasteiger partial charge in [0, 0.05) is 13.1 Å². The minimum Gasteiger partial charge on any atom is -0.330 e. The number of anilines is 1.